The second-order valence-corrected chi connectivity index (χ2v) is 5.55. The van der Waals surface area contributed by atoms with E-state index in [2.05, 4.69) is 38.2 Å². The maximum Gasteiger partial charge on any atom is 0.161 e. The highest BCUT2D eigenvalue weighted by atomic mass is 16.5. The van der Waals surface area contributed by atoms with Crippen molar-refractivity contribution in [1.82, 2.24) is 5.32 Å². The fourth-order valence-corrected chi connectivity index (χ4v) is 2.30. The first-order valence-electron chi connectivity index (χ1n) is 7.53. The summed E-state index contributed by atoms with van der Waals surface area (Å²) in [6, 6.07) is 4.76. The molecule has 0 atom stereocenters. The molecule has 0 radical (unpaired) electrons. The summed E-state index contributed by atoms with van der Waals surface area (Å²) < 4.78 is 10.7. The summed E-state index contributed by atoms with van der Waals surface area (Å²) in [5, 5.41) is 3.45. The highest BCUT2D eigenvalue weighted by molar-refractivity contribution is 5.47. The van der Waals surface area contributed by atoms with Gasteiger partial charge in [0.1, 0.15) is 0 Å². The van der Waals surface area contributed by atoms with Gasteiger partial charge in [0.15, 0.2) is 11.5 Å². The van der Waals surface area contributed by atoms with Gasteiger partial charge in [-0.15, -0.1) is 0 Å². The first-order chi connectivity index (χ1) is 9.58. The molecule has 0 aliphatic rings. The molecular weight excluding hydrogens is 250 g/mol. The molecule has 3 nitrogen and oxygen atoms in total. The summed E-state index contributed by atoms with van der Waals surface area (Å²) in [5.41, 5.74) is 2.64. The van der Waals surface area contributed by atoms with Crippen molar-refractivity contribution in [2.75, 3.05) is 20.8 Å². The van der Waals surface area contributed by atoms with Crippen LogP contribution < -0.4 is 14.8 Å². The zero-order valence-corrected chi connectivity index (χ0v) is 13.6. The van der Waals surface area contributed by atoms with Crippen LogP contribution in [0.2, 0.25) is 0 Å². The largest absolute Gasteiger partial charge is 0.493 e. The molecule has 0 saturated heterocycles. The molecule has 0 aliphatic heterocycles. The lowest BCUT2D eigenvalue weighted by Gasteiger charge is -2.13. The first-order valence-corrected chi connectivity index (χ1v) is 7.53. The number of methoxy groups -OCH3 is 2. The average Bonchev–Trinajstić information content (AvgIpc) is 2.43. The van der Waals surface area contributed by atoms with Gasteiger partial charge in [-0.25, -0.2) is 0 Å². The SMILES string of the molecule is COc1cc(C)c(CCCCCNC(C)C)cc1OC. The Morgan fingerprint density at radius 1 is 1.00 bits per heavy atom. The summed E-state index contributed by atoms with van der Waals surface area (Å²) in [6.45, 7) is 7.63. The highest BCUT2D eigenvalue weighted by Crippen LogP contribution is 2.30. The number of nitrogens with one attached hydrogen (secondary N) is 1. The molecule has 0 amide bonds. The Labute approximate surface area is 123 Å². The zero-order valence-electron chi connectivity index (χ0n) is 13.6. The Kier molecular flexibility index (Phi) is 7.45. The molecule has 0 aliphatic carbocycles. The Hall–Kier alpha value is -1.22. The predicted octanol–water partition coefficient (Wildman–Crippen LogP) is 3.72. The molecule has 1 aromatic rings. The van der Waals surface area contributed by atoms with E-state index in [1.54, 1.807) is 14.2 Å². The molecule has 0 aromatic heterocycles. The number of hydrogen-bond donors (Lipinski definition) is 1. The van der Waals surface area contributed by atoms with Crippen molar-refractivity contribution >= 4 is 0 Å². The molecule has 20 heavy (non-hydrogen) atoms. The summed E-state index contributed by atoms with van der Waals surface area (Å²) in [5.74, 6) is 1.64. The second kappa shape index (κ2) is 8.85. The fourth-order valence-electron chi connectivity index (χ4n) is 2.30. The molecule has 0 heterocycles. The van der Waals surface area contributed by atoms with Gasteiger partial charge in [-0.3, -0.25) is 0 Å². The van der Waals surface area contributed by atoms with Gasteiger partial charge < -0.3 is 14.8 Å². The lowest BCUT2D eigenvalue weighted by atomic mass is 10.0. The molecule has 0 bridgehead atoms. The number of unbranched alkanes of at least 4 members (excludes halogenated alkanes) is 2. The minimum atomic E-state index is 0.586. The van der Waals surface area contributed by atoms with Crippen molar-refractivity contribution in [3.05, 3.63) is 23.3 Å². The van der Waals surface area contributed by atoms with Crippen molar-refractivity contribution in [2.24, 2.45) is 0 Å². The molecule has 1 N–H and O–H groups in total. The lowest BCUT2D eigenvalue weighted by molar-refractivity contribution is 0.354. The van der Waals surface area contributed by atoms with Gasteiger partial charge in [0, 0.05) is 6.04 Å². The van der Waals surface area contributed by atoms with E-state index in [1.165, 1.54) is 30.4 Å². The molecule has 114 valence electrons. The van der Waals surface area contributed by atoms with Crippen LogP contribution >= 0.6 is 0 Å². The maximum atomic E-state index is 5.37. The van der Waals surface area contributed by atoms with Crippen LogP contribution in [0.4, 0.5) is 0 Å². The Bertz CT molecular complexity index is 402. The lowest BCUT2D eigenvalue weighted by Crippen LogP contribution is -2.23. The first kappa shape index (κ1) is 16.8. The van der Waals surface area contributed by atoms with E-state index < -0.39 is 0 Å². The summed E-state index contributed by atoms with van der Waals surface area (Å²) >= 11 is 0. The van der Waals surface area contributed by atoms with Gasteiger partial charge in [0.25, 0.3) is 0 Å². The van der Waals surface area contributed by atoms with Crippen LogP contribution in [0.25, 0.3) is 0 Å². The minimum Gasteiger partial charge on any atom is -0.493 e. The van der Waals surface area contributed by atoms with Crippen molar-refractivity contribution < 1.29 is 9.47 Å². The molecule has 1 aromatic carbocycles. The third-order valence-electron chi connectivity index (χ3n) is 3.52. The van der Waals surface area contributed by atoms with E-state index in [1.807, 2.05) is 0 Å². The van der Waals surface area contributed by atoms with Crippen molar-refractivity contribution in [2.45, 2.75) is 52.5 Å². The standard InChI is InChI=1S/C17H29NO2/c1-13(2)18-10-8-6-7-9-15-12-17(20-5)16(19-4)11-14(15)3/h11-13,18H,6-10H2,1-5H3. The van der Waals surface area contributed by atoms with Gasteiger partial charge in [-0.1, -0.05) is 20.3 Å². The van der Waals surface area contributed by atoms with Crippen LogP contribution in [0.15, 0.2) is 12.1 Å². The topological polar surface area (TPSA) is 30.5 Å². The second-order valence-electron chi connectivity index (χ2n) is 5.55. The molecular formula is C17H29NO2. The van der Waals surface area contributed by atoms with Gasteiger partial charge in [-0.2, -0.15) is 0 Å². The van der Waals surface area contributed by atoms with Crippen molar-refractivity contribution in [1.29, 1.82) is 0 Å². The van der Waals surface area contributed by atoms with Crippen LogP contribution in [-0.2, 0) is 6.42 Å². The van der Waals surface area contributed by atoms with E-state index >= 15 is 0 Å². The van der Waals surface area contributed by atoms with E-state index in [4.69, 9.17) is 9.47 Å². The van der Waals surface area contributed by atoms with Gasteiger partial charge in [-0.05, 0) is 56.0 Å². The van der Waals surface area contributed by atoms with Gasteiger partial charge in [0.2, 0.25) is 0 Å². The van der Waals surface area contributed by atoms with E-state index in [9.17, 15) is 0 Å². The Balaban J connectivity index is 2.43. The van der Waals surface area contributed by atoms with Gasteiger partial charge in [0.05, 0.1) is 14.2 Å². The third kappa shape index (κ3) is 5.41. The van der Waals surface area contributed by atoms with E-state index in [0.717, 1.165) is 24.5 Å². The van der Waals surface area contributed by atoms with Crippen LogP contribution in [0.3, 0.4) is 0 Å². The molecule has 0 unspecified atom stereocenters. The number of aryl methyl sites for hydroxylation is 2. The normalized spacial score (nSPS) is 10.9. The number of ether oxygens (including phenoxy) is 2. The monoisotopic (exact) mass is 279 g/mol. The molecule has 0 fully saturated rings. The number of hydrogen-bond acceptors (Lipinski definition) is 3. The summed E-state index contributed by atoms with van der Waals surface area (Å²) in [4.78, 5) is 0. The zero-order chi connectivity index (χ0) is 15.0. The Morgan fingerprint density at radius 3 is 2.25 bits per heavy atom. The van der Waals surface area contributed by atoms with Crippen LogP contribution in [0, 0.1) is 6.92 Å². The highest BCUT2D eigenvalue weighted by Gasteiger charge is 2.08. The molecule has 3 heteroatoms. The molecule has 1 rings (SSSR count). The maximum absolute atomic E-state index is 5.37. The van der Waals surface area contributed by atoms with E-state index in [-0.39, 0.29) is 0 Å². The number of rotatable bonds is 9. The smallest absolute Gasteiger partial charge is 0.161 e. The Morgan fingerprint density at radius 2 is 1.65 bits per heavy atom. The minimum absolute atomic E-state index is 0.586. The molecule has 0 spiro atoms. The van der Waals surface area contributed by atoms with Crippen molar-refractivity contribution in [3.8, 4) is 11.5 Å². The third-order valence-corrected chi connectivity index (χ3v) is 3.52. The van der Waals surface area contributed by atoms with Crippen LogP contribution in [0.1, 0.15) is 44.2 Å². The molecule has 0 saturated carbocycles. The van der Waals surface area contributed by atoms with Crippen LogP contribution in [0.5, 0.6) is 11.5 Å². The van der Waals surface area contributed by atoms with Gasteiger partial charge >= 0.3 is 0 Å². The van der Waals surface area contributed by atoms with E-state index in [0.29, 0.717) is 6.04 Å². The quantitative estimate of drug-likeness (QED) is 0.699. The van der Waals surface area contributed by atoms with Crippen molar-refractivity contribution in [3.63, 3.8) is 0 Å². The summed E-state index contributed by atoms with van der Waals surface area (Å²) in [6.07, 6.45) is 4.82. The fraction of sp³-hybridized carbons (Fsp3) is 0.647. The average molecular weight is 279 g/mol. The summed E-state index contributed by atoms with van der Waals surface area (Å²) in [7, 11) is 3.37. The predicted molar refractivity (Wildman–Crippen MR) is 85.0 cm³/mol. The number of benzene rings is 1. The van der Waals surface area contributed by atoms with Crippen LogP contribution in [-0.4, -0.2) is 26.8 Å².